The maximum Gasteiger partial charge on any atom is 0.489 e. The zero-order valence-corrected chi connectivity index (χ0v) is 9.08. The van der Waals surface area contributed by atoms with E-state index >= 15 is 0 Å². The molecule has 0 fully saturated rings. The molecule has 0 spiro atoms. The number of hydrogen-bond acceptors (Lipinski definition) is 3. The smallest absolute Gasteiger partial charge is 0.423 e. The molecular weight excluding hydrogens is 195 g/mol. The van der Waals surface area contributed by atoms with E-state index in [9.17, 15) is 0 Å². The molecule has 1 aromatic heterocycles. The molecular formula is C10H13BO2S. The van der Waals surface area contributed by atoms with E-state index in [-0.39, 0.29) is 0 Å². The fourth-order valence-electron chi connectivity index (χ4n) is 1.20. The highest BCUT2D eigenvalue weighted by Gasteiger charge is 2.15. The molecule has 1 aromatic carbocycles. The first-order chi connectivity index (χ1) is 6.79. The van der Waals surface area contributed by atoms with Gasteiger partial charge in [-0.1, -0.05) is 32.0 Å². The van der Waals surface area contributed by atoms with Crippen molar-refractivity contribution >= 4 is 34.0 Å². The monoisotopic (exact) mass is 208 g/mol. The van der Waals surface area contributed by atoms with Crippen LogP contribution in [0.25, 0.3) is 10.1 Å². The van der Waals surface area contributed by atoms with E-state index in [0.29, 0.717) is 5.46 Å². The van der Waals surface area contributed by atoms with E-state index in [1.54, 1.807) is 5.38 Å². The third-order valence-electron chi connectivity index (χ3n) is 1.79. The van der Waals surface area contributed by atoms with Gasteiger partial charge < -0.3 is 10.0 Å². The minimum atomic E-state index is -1.36. The third-order valence-corrected chi connectivity index (χ3v) is 2.77. The fraction of sp³-hybridized carbons (Fsp3) is 0.200. The highest BCUT2D eigenvalue weighted by atomic mass is 32.1. The largest absolute Gasteiger partial charge is 0.489 e. The average Bonchev–Trinajstić information content (AvgIpc) is 2.64. The van der Waals surface area contributed by atoms with Crippen LogP contribution in [0.15, 0.2) is 29.6 Å². The van der Waals surface area contributed by atoms with Gasteiger partial charge in [0.05, 0.1) is 0 Å². The molecule has 0 saturated carbocycles. The lowest BCUT2D eigenvalue weighted by molar-refractivity contribution is 0.426. The predicted molar refractivity (Wildman–Crippen MR) is 63.0 cm³/mol. The van der Waals surface area contributed by atoms with Gasteiger partial charge in [0.25, 0.3) is 0 Å². The molecule has 0 bridgehead atoms. The van der Waals surface area contributed by atoms with Crippen LogP contribution in [0.4, 0.5) is 0 Å². The van der Waals surface area contributed by atoms with E-state index in [1.807, 2.05) is 38.1 Å². The minimum Gasteiger partial charge on any atom is -0.423 e. The normalized spacial score (nSPS) is 9.43. The van der Waals surface area contributed by atoms with Crippen LogP contribution in [0.2, 0.25) is 0 Å². The van der Waals surface area contributed by atoms with Gasteiger partial charge in [0, 0.05) is 10.2 Å². The zero-order chi connectivity index (χ0) is 10.6. The summed E-state index contributed by atoms with van der Waals surface area (Å²) in [5.41, 5.74) is 0.593. The Morgan fingerprint density at radius 1 is 1.14 bits per heavy atom. The second-order valence-electron chi connectivity index (χ2n) is 2.56. The lowest BCUT2D eigenvalue weighted by Gasteiger charge is -1.94. The van der Waals surface area contributed by atoms with Crippen molar-refractivity contribution in [2.24, 2.45) is 0 Å². The Kier molecular flexibility index (Phi) is 4.13. The Balaban J connectivity index is 0.000000461. The molecule has 1 heterocycles. The van der Waals surface area contributed by atoms with Gasteiger partial charge in [-0.25, -0.2) is 0 Å². The second kappa shape index (κ2) is 5.15. The SMILES string of the molecule is CC.OB(O)c1csc2ccccc12. The van der Waals surface area contributed by atoms with Gasteiger partial charge in [-0.15, -0.1) is 11.3 Å². The topological polar surface area (TPSA) is 40.5 Å². The summed E-state index contributed by atoms with van der Waals surface area (Å²) in [7, 11) is -1.36. The predicted octanol–water partition coefficient (Wildman–Crippen LogP) is 1.61. The van der Waals surface area contributed by atoms with Crippen LogP contribution in [0.3, 0.4) is 0 Å². The first-order valence-electron chi connectivity index (χ1n) is 4.61. The summed E-state index contributed by atoms with van der Waals surface area (Å²) >= 11 is 1.52. The Morgan fingerprint density at radius 2 is 1.79 bits per heavy atom. The standard InChI is InChI=1S/C8H7BO2S.C2H6/c10-9(11)7-5-12-8-4-2-1-3-6(7)8;1-2/h1-5,10-11H;1-2H3. The van der Waals surface area contributed by atoms with Crippen LogP contribution >= 0.6 is 11.3 Å². The average molecular weight is 208 g/mol. The Bertz CT molecular complexity index is 398. The molecule has 2 N–H and O–H groups in total. The molecule has 2 aromatic rings. The van der Waals surface area contributed by atoms with Crippen LogP contribution in [-0.2, 0) is 0 Å². The van der Waals surface area contributed by atoms with Crippen LogP contribution in [0, 0.1) is 0 Å². The first kappa shape index (κ1) is 11.2. The molecule has 14 heavy (non-hydrogen) atoms. The molecule has 0 aliphatic carbocycles. The van der Waals surface area contributed by atoms with Crippen LogP contribution < -0.4 is 5.46 Å². The van der Waals surface area contributed by atoms with E-state index < -0.39 is 7.12 Å². The summed E-state index contributed by atoms with van der Waals surface area (Å²) in [5.74, 6) is 0. The molecule has 0 saturated heterocycles. The Morgan fingerprint density at radius 3 is 2.43 bits per heavy atom. The fourth-order valence-corrected chi connectivity index (χ4v) is 2.17. The molecule has 0 atom stereocenters. The number of rotatable bonds is 1. The van der Waals surface area contributed by atoms with Gasteiger partial charge in [-0.3, -0.25) is 0 Å². The molecule has 2 rings (SSSR count). The van der Waals surface area contributed by atoms with Crippen molar-refractivity contribution in [3.05, 3.63) is 29.6 Å². The lowest BCUT2D eigenvalue weighted by atomic mass is 9.80. The summed E-state index contributed by atoms with van der Waals surface area (Å²) < 4.78 is 1.08. The van der Waals surface area contributed by atoms with E-state index in [1.165, 1.54) is 11.3 Å². The highest BCUT2D eigenvalue weighted by molar-refractivity contribution is 7.18. The third kappa shape index (κ3) is 2.15. The van der Waals surface area contributed by atoms with Crippen molar-refractivity contribution in [3.63, 3.8) is 0 Å². The number of fused-ring (bicyclic) bond motifs is 1. The van der Waals surface area contributed by atoms with Crippen LogP contribution in [-0.4, -0.2) is 17.2 Å². The first-order valence-corrected chi connectivity index (χ1v) is 5.49. The molecule has 74 valence electrons. The quantitative estimate of drug-likeness (QED) is 0.699. The van der Waals surface area contributed by atoms with Crippen molar-refractivity contribution in [1.29, 1.82) is 0 Å². The molecule has 0 unspecified atom stereocenters. The maximum atomic E-state index is 8.97. The van der Waals surface area contributed by atoms with Gasteiger partial charge in [-0.2, -0.15) is 0 Å². The van der Waals surface area contributed by atoms with Crippen molar-refractivity contribution in [3.8, 4) is 0 Å². The van der Waals surface area contributed by atoms with Gasteiger partial charge in [0.2, 0.25) is 0 Å². The number of benzene rings is 1. The molecule has 2 nitrogen and oxygen atoms in total. The number of thiophene rings is 1. The summed E-state index contributed by atoms with van der Waals surface area (Å²) in [4.78, 5) is 0. The summed E-state index contributed by atoms with van der Waals surface area (Å²) in [5, 5.41) is 20.6. The van der Waals surface area contributed by atoms with E-state index in [4.69, 9.17) is 10.0 Å². The van der Waals surface area contributed by atoms with Crippen molar-refractivity contribution in [2.75, 3.05) is 0 Å². The lowest BCUT2D eigenvalue weighted by Crippen LogP contribution is -2.28. The highest BCUT2D eigenvalue weighted by Crippen LogP contribution is 2.17. The second-order valence-corrected chi connectivity index (χ2v) is 3.47. The van der Waals surface area contributed by atoms with Crippen LogP contribution in [0.1, 0.15) is 13.8 Å². The molecule has 0 aliphatic rings. The van der Waals surface area contributed by atoms with Crippen molar-refractivity contribution in [1.82, 2.24) is 0 Å². The molecule has 4 heteroatoms. The van der Waals surface area contributed by atoms with Crippen molar-refractivity contribution < 1.29 is 10.0 Å². The molecule has 0 aliphatic heterocycles. The van der Waals surface area contributed by atoms with Gasteiger partial charge in [0.1, 0.15) is 0 Å². The molecule has 0 amide bonds. The summed E-state index contributed by atoms with van der Waals surface area (Å²) in [6, 6.07) is 7.68. The zero-order valence-electron chi connectivity index (χ0n) is 8.27. The van der Waals surface area contributed by atoms with Gasteiger partial charge >= 0.3 is 7.12 Å². The van der Waals surface area contributed by atoms with E-state index in [2.05, 4.69) is 0 Å². The maximum absolute atomic E-state index is 8.97. The Hall–Kier alpha value is -0.835. The van der Waals surface area contributed by atoms with Crippen molar-refractivity contribution in [2.45, 2.75) is 13.8 Å². The molecule has 0 radical (unpaired) electrons. The summed E-state index contributed by atoms with van der Waals surface area (Å²) in [6.07, 6.45) is 0. The Labute approximate surface area is 88.0 Å². The minimum absolute atomic E-state index is 0.593. The number of hydrogen-bond donors (Lipinski definition) is 2. The van der Waals surface area contributed by atoms with E-state index in [0.717, 1.165) is 10.1 Å². The van der Waals surface area contributed by atoms with Gasteiger partial charge in [0.15, 0.2) is 0 Å². The van der Waals surface area contributed by atoms with Crippen LogP contribution in [0.5, 0.6) is 0 Å². The summed E-state index contributed by atoms with van der Waals surface area (Å²) in [6.45, 7) is 4.00. The van der Waals surface area contributed by atoms with Gasteiger partial charge in [-0.05, 0) is 16.8 Å².